The van der Waals surface area contributed by atoms with Crippen LogP contribution in [0.3, 0.4) is 0 Å². The SMILES string of the molecule is COCC(C)(OC[C@H]1O[C@@H](n2ncc3c(N[C@@H](C)c4ccc(C)cc4)cc(Cl)nc32)[C@H](O)[C@@H]1O)P(=O)(O)O. The van der Waals surface area contributed by atoms with Crippen LogP contribution in [0.5, 0.6) is 0 Å². The summed E-state index contributed by atoms with van der Waals surface area (Å²) in [5.74, 6) is 0. The topological polar surface area (TPSA) is 168 Å². The van der Waals surface area contributed by atoms with Crippen LogP contribution in [0.4, 0.5) is 5.69 Å². The third-order valence-electron chi connectivity index (χ3n) is 6.65. The van der Waals surface area contributed by atoms with Crippen LogP contribution in [0.1, 0.15) is 37.2 Å². The number of nitrogens with one attached hydrogen (secondary N) is 1. The second kappa shape index (κ2) is 11.2. The normalized spacial score (nSPS) is 24.4. The Bertz CT molecular complexity index is 1320. The molecule has 0 saturated carbocycles. The number of aryl methyl sites for hydroxylation is 1. The molecule has 0 bridgehead atoms. The zero-order valence-corrected chi connectivity index (χ0v) is 23.0. The van der Waals surface area contributed by atoms with Crippen LogP contribution < -0.4 is 5.32 Å². The Hall–Kier alpha value is -2.12. The summed E-state index contributed by atoms with van der Waals surface area (Å²) in [4.78, 5) is 23.7. The van der Waals surface area contributed by atoms with Gasteiger partial charge in [0.05, 0.1) is 30.5 Å². The minimum absolute atomic E-state index is 0.0623. The summed E-state index contributed by atoms with van der Waals surface area (Å²) in [5, 5.41) is 28.0. The first-order valence-corrected chi connectivity index (χ1v) is 13.9. The molecule has 0 aliphatic carbocycles. The van der Waals surface area contributed by atoms with Crippen molar-refractivity contribution in [1.82, 2.24) is 14.8 Å². The number of aliphatic hydroxyl groups excluding tert-OH is 2. The fraction of sp³-hybridized carbons (Fsp3) is 0.500. The number of rotatable bonds is 10. The van der Waals surface area contributed by atoms with Gasteiger partial charge in [-0.15, -0.1) is 0 Å². The molecule has 1 aliphatic rings. The summed E-state index contributed by atoms with van der Waals surface area (Å²) in [6, 6.07) is 9.74. The van der Waals surface area contributed by atoms with Crippen LogP contribution in [0.2, 0.25) is 5.15 Å². The van der Waals surface area contributed by atoms with E-state index in [1.54, 1.807) is 12.3 Å². The van der Waals surface area contributed by atoms with E-state index in [1.165, 1.54) is 18.7 Å². The van der Waals surface area contributed by atoms with E-state index < -0.39 is 50.7 Å². The first-order chi connectivity index (χ1) is 17.8. The smallest absolute Gasteiger partial charge is 0.359 e. The Kier molecular flexibility index (Phi) is 8.49. The second-order valence-electron chi connectivity index (χ2n) is 9.61. The Morgan fingerprint density at radius 3 is 2.58 bits per heavy atom. The quantitative estimate of drug-likeness (QED) is 0.179. The molecule has 6 atom stereocenters. The van der Waals surface area contributed by atoms with Crippen LogP contribution in [0.25, 0.3) is 11.0 Å². The van der Waals surface area contributed by atoms with Crippen molar-refractivity contribution in [3.05, 3.63) is 52.8 Å². The van der Waals surface area contributed by atoms with Crippen molar-refractivity contribution >= 4 is 35.9 Å². The average Bonchev–Trinajstić information content (AvgIpc) is 3.38. The van der Waals surface area contributed by atoms with E-state index >= 15 is 0 Å². The fourth-order valence-electron chi connectivity index (χ4n) is 4.27. The number of aliphatic hydroxyl groups is 2. The number of ether oxygens (including phenoxy) is 3. The van der Waals surface area contributed by atoms with Gasteiger partial charge in [-0.25, -0.2) is 9.67 Å². The van der Waals surface area contributed by atoms with E-state index in [4.69, 9.17) is 25.8 Å². The predicted octanol–water partition coefficient (Wildman–Crippen LogP) is 2.74. The molecule has 2 aromatic heterocycles. The Morgan fingerprint density at radius 2 is 1.95 bits per heavy atom. The fourth-order valence-corrected chi connectivity index (χ4v) is 5.00. The molecule has 0 radical (unpaired) electrons. The molecule has 1 fully saturated rings. The molecule has 0 amide bonds. The Morgan fingerprint density at radius 1 is 1.26 bits per heavy atom. The van der Waals surface area contributed by atoms with Gasteiger partial charge in [-0.2, -0.15) is 5.10 Å². The van der Waals surface area contributed by atoms with Crippen LogP contribution in [-0.4, -0.2) is 78.7 Å². The number of halogens is 1. The van der Waals surface area contributed by atoms with Gasteiger partial charge in [-0.05, 0) is 32.4 Å². The van der Waals surface area contributed by atoms with Gasteiger partial charge in [0, 0.05) is 13.2 Å². The molecule has 1 unspecified atom stereocenters. The molecule has 1 aliphatic heterocycles. The number of benzene rings is 1. The highest BCUT2D eigenvalue weighted by Crippen LogP contribution is 2.51. The zero-order valence-electron chi connectivity index (χ0n) is 21.4. The highest BCUT2D eigenvalue weighted by atomic mass is 35.5. The standard InChI is InChI=1S/C24H32ClN4O8P/c1-13-5-7-15(8-6-13)14(2)27-17-9-19(25)28-22-16(17)10-26-29(22)23-21(31)20(30)18(37-23)11-36-24(3,12-35-4)38(32,33)34/h5-10,14,18,20-21,23,30-31H,11-12H2,1-4H3,(H,27,28)(H2,32,33,34)/t14-,18+,20+,21+,23+,24?/m0/s1. The zero-order chi connectivity index (χ0) is 27.8. The average molecular weight is 571 g/mol. The monoisotopic (exact) mass is 570 g/mol. The molecule has 1 saturated heterocycles. The van der Waals surface area contributed by atoms with Gasteiger partial charge in [0.25, 0.3) is 0 Å². The van der Waals surface area contributed by atoms with Crippen molar-refractivity contribution in [2.24, 2.45) is 0 Å². The van der Waals surface area contributed by atoms with E-state index in [2.05, 4.69) is 15.4 Å². The molecule has 38 heavy (non-hydrogen) atoms. The predicted molar refractivity (Wildman–Crippen MR) is 140 cm³/mol. The van der Waals surface area contributed by atoms with Crippen molar-refractivity contribution in [3.63, 3.8) is 0 Å². The largest absolute Gasteiger partial charge is 0.387 e. The van der Waals surface area contributed by atoms with Gasteiger partial charge in [0.1, 0.15) is 23.5 Å². The van der Waals surface area contributed by atoms with Crippen molar-refractivity contribution in [1.29, 1.82) is 0 Å². The maximum atomic E-state index is 11.9. The van der Waals surface area contributed by atoms with Gasteiger partial charge in [-0.1, -0.05) is 41.4 Å². The molecule has 3 aromatic rings. The molecule has 14 heteroatoms. The summed E-state index contributed by atoms with van der Waals surface area (Å²) in [7, 11) is -3.45. The maximum absolute atomic E-state index is 11.9. The summed E-state index contributed by atoms with van der Waals surface area (Å²) in [6.45, 7) is 4.41. The van der Waals surface area contributed by atoms with Crippen molar-refractivity contribution in [2.45, 2.75) is 56.7 Å². The first-order valence-electron chi connectivity index (χ1n) is 11.9. The summed E-state index contributed by atoms with van der Waals surface area (Å²) in [5.41, 5.74) is 3.21. The van der Waals surface area contributed by atoms with E-state index in [0.29, 0.717) is 16.7 Å². The van der Waals surface area contributed by atoms with Crippen LogP contribution in [-0.2, 0) is 18.8 Å². The van der Waals surface area contributed by atoms with Gasteiger partial charge >= 0.3 is 7.60 Å². The van der Waals surface area contributed by atoms with Gasteiger partial charge in [0.2, 0.25) is 0 Å². The number of pyridine rings is 1. The molecular weight excluding hydrogens is 539 g/mol. The van der Waals surface area contributed by atoms with Gasteiger partial charge in [-0.3, -0.25) is 4.57 Å². The first kappa shape index (κ1) is 28.9. The lowest BCUT2D eigenvalue weighted by Gasteiger charge is -2.31. The van der Waals surface area contributed by atoms with Crippen LogP contribution >= 0.6 is 19.2 Å². The van der Waals surface area contributed by atoms with Gasteiger partial charge < -0.3 is 39.5 Å². The molecule has 1 aromatic carbocycles. The number of methoxy groups -OCH3 is 1. The number of fused-ring (bicyclic) bond motifs is 1. The lowest BCUT2D eigenvalue weighted by atomic mass is 10.1. The minimum atomic E-state index is -4.74. The number of nitrogens with zero attached hydrogens (tertiary/aromatic N) is 3. The van der Waals surface area contributed by atoms with Gasteiger partial charge in [0.15, 0.2) is 17.2 Å². The van der Waals surface area contributed by atoms with E-state index in [9.17, 15) is 24.6 Å². The summed E-state index contributed by atoms with van der Waals surface area (Å²) < 4.78 is 29.4. The van der Waals surface area contributed by atoms with Crippen LogP contribution in [0, 0.1) is 6.92 Å². The molecule has 5 N–H and O–H groups in total. The number of hydrogen-bond acceptors (Lipinski definition) is 9. The van der Waals surface area contributed by atoms with Crippen molar-refractivity contribution < 1.29 is 38.8 Å². The molecule has 12 nitrogen and oxygen atoms in total. The van der Waals surface area contributed by atoms with Crippen molar-refractivity contribution in [3.8, 4) is 0 Å². The van der Waals surface area contributed by atoms with E-state index in [1.807, 2.05) is 38.1 Å². The van der Waals surface area contributed by atoms with Crippen LogP contribution in [0.15, 0.2) is 36.5 Å². The van der Waals surface area contributed by atoms with E-state index in [-0.39, 0.29) is 11.2 Å². The molecular formula is C24H32ClN4O8P. The highest BCUT2D eigenvalue weighted by Gasteiger charge is 2.49. The molecule has 0 spiro atoms. The second-order valence-corrected chi connectivity index (χ2v) is 12.0. The lowest BCUT2D eigenvalue weighted by Crippen LogP contribution is -2.40. The Balaban J connectivity index is 1.56. The third kappa shape index (κ3) is 5.74. The summed E-state index contributed by atoms with van der Waals surface area (Å²) in [6.07, 6.45) is -3.58. The third-order valence-corrected chi connectivity index (χ3v) is 8.33. The number of hydrogen-bond donors (Lipinski definition) is 5. The summed E-state index contributed by atoms with van der Waals surface area (Å²) >= 11 is 6.33. The number of anilines is 1. The molecule has 3 heterocycles. The van der Waals surface area contributed by atoms with E-state index in [0.717, 1.165) is 11.1 Å². The van der Waals surface area contributed by atoms with Crippen molar-refractivity contribution in [2.75, 3.05) is 25.6 Å². The lowest BCUT2D eigenvalue weighted by molar-refractivity contribution is -0.107. The number of aromatic nitrogens is 3. The minimum Gasteiger partial charge on any atom is -0.387 e. The molecule has 208 valence electrons. The Labute approximate surface area is 224 Å². The maximum Gasteiger partial charge on any atom is 0.359 e. The highest BCUT2D eigenvalue weighted by molar-refractivity contribution is 7.53. The molecule has 4 rings (SSSR count).